The Bertz CT molecular complexity index is 2370. The zero-order valence-corrected chi connectivity index (χ0v) is 29.0. The molecule has 0 saturated carbocycles. The molecule has 3 aromatic carbocycles. The lowest BCUT2D eigenvalue weighted by Crippen LogP contribution is -2.49. The van der Waals surface area contributed by atoms with Gasteiger partial charge >= 0.3 is 5.97 Å². The number of amidine groups is 1. The molecule has 3 aliphatic heterocycles. The van der Waals surface area contributed by atoms with Crippen LogP contribution in [0, 0.1) is 0 Å². The van der Waals surface area contributed by atoms with E-state index in [1.54, 1.807) is 47.9 Å². The van der Waals surface area contributed by atoms with E-state index in [-0.39, 0.29) is 23.5 Å². The normalized spacial score (nSPS) is 19.1. The van der Waals surface area contributed by atoms with Crippen molar-refractivity contribution in [3.05, 3.63) is 129 Å². The number of benzene rings is 3. The third-order valence-electron chi connectivity index (χ3n) is 10.3. The number of sulfonamides is 1. The van der Waals surface area contributed by atoms with Gasteiger partial charge in [-0.2, -0.15) is 8.42 Å². The van der Waals surface area contributed by atoms with Crippen LogP contribution in [0.1, 0.15) is 41.2 Å². The minimum atomic E-state index is -3.91. The summed E-state index contributed by atoms with van der Waals surface area (Å²) in [5.41, 5.74) is 3.41. The molecule has 2 aromatic heterocycles. The van der Waals surface area contributed by atoms with Crippen molar-refractivity contribution in [2.24, 2.45) is 4.40 Å². The summed E-state index contributed by atoms with van der Waals surface area (Å²) in [4.78, 5) is 36.1. The highest BCUT2D eigenvalue weighted by molar-refractivity contribution is 7.90. The number of fused-ring (bicyclic) bond motifs is 5. The second-order valence-electron chi connectivity index (χ2n) is 13.3. The van der Waals surface area contributed by atoms with Crippen molar-refractivity contribution in [2.75, 3.05) is 26.2 Å². The molecule has 1 saturated heterocycles. The molecule has 0 bridgehead atoms. The van der Waals surface area contributed by atoms with Crippen molar-refractivity contribution < 1.29 is 23.1 Å². The lowest BCUT2D eigenvalue weighted by molar-refractivity contribution is -0.172. The number of aliphatic hydroxyl groups is 1. The van der Waals surface area contributed by atoms with Gasteiger partial charge in [-0.1, -0.05) is 73.7 Å². The third-order valence-corrected chi connectivity index (χ3v) is 11.6. The number of aromatic nitrogens is 2. The first-order valence-corrected chi connectivity index (χ1v) is 18.6. The summed E-state index contributed by atoms with van der Waals surface area (Å²) in [7, 11) is -3.91. The zero-order chi connectivity index (χ0) is 35.3. The van der Waals surface area contributed by atoms with Gasteiger partial charge in [-0.25, -0.2) is 9.78 Å². The fourth-order valence-corrected chi connectivity index (χ4v) is 8.51. The number of ether oxygens (including phenoxy) is 1. The van der Waals surface area contributed by atoms with Gasteiger partial charge in [0.15, 0.2) is 5.60 Å². The Kier molecular flexibility index (Phi) is 8.32. The van der Waals surface area contributed by atoms with Crippen molar-refractivity contribution in [2.45, 2.75) is 50.0 Å². The van der Waals surface area contributed by atoms with Gasteiger partial charge in [0.25, 0.3) is 15.6 Å². The Balaban J connectivity index is 1.11. The maximum atomic E-state index is 13.9. The van der Waals surface area contributed by atoms with Crippen molar-refractivity contribution in [3.8, 4) is 11.4 Å². The number of nitrogens with zero attached hydrogens (tertiary/aromatic N) is 5. The summed E-state index contributed by atoms with van der Waals surface area (Å²) in [6.45, 7) is 4.90. The van der Waals surface area contributed by atoms with Gasteiger partial charge in [0.05, 0.1) is 33.9 Å². The van der Waals surface area contributed by atoms with Gasteiger partial charge in [0.1, 0.15) is 12.4 Å². The molecule has 3 aliphatic rings. The number of rotatable bonds is 7. The van der Waals surface area contributed by atoms with Crippen LogP contribution in [0.25, 0.3) is 22.3 Å². The van der Waals surface area contributed by atoms with Crippen LogP contribution >= 0.6 is 0 Å². The molecule has 0 unspecified atom stereocenters. The summed E-state index contributed by atoms with van der Waals surface area (Å²) in [6.07, 6.45) is 0.461. The highest BCUT2D eigenvalue weighted by Crippen LogP contribution is 2.40. The number of esters is 1. The molecule has 5 heterocycles. The van der Waals surface area contributed by atoms with Crippen LogP contribution in [-0.4, -0.2) is 70.9 Å². The minimum Gasteiger partial charge on any atom is -0.458 e. The number of carbonyl (C=O) groups excluding carboxylic acids is 1. The lowest BCUT2D eigenvalue weighted by atomic mass is 9.86. The summed E-state index contributed by atoms with van der Waals surface area (Å²) in [5, 5.41) is 12.3. The van der Waals surface area contributed by atoms with Gasteiger partial charge in [0, 0.05) is 55.7 Å². The Morgan fingerprint density at radius 2 is 1.61 bits per heavy atom. The Morgan fingerprint density at radius 1 is 0.922 bits per heavy atom. The highest BCUT2D eigenvalue weighted by atomic mass is 32.2. The van der Waals surface area contributed by atoms with Crippen molar-refractivity contribution >= 4 is 32.7 Å². The monoisotopic (exact) mass is 703 g/mol. The third kappa shape index (κ3) is 5.82. The van der Waals surface area contributed by atoms with E-state index < -0.39 is 21.6 Å². The average Bonchev–Trinajstić information content (AvgIpc) is 3.53. The van der Waals surface area contributed by atoms with Gasteiger partial charge in [0.2, 0.25) is 0 Å². The fraction of sp³-hybridized carbons (Fsp3) is 0.282. The Hall–Kier alpha value is -5.17. The van der Waals surface area contributed by atoms with Crippen LogP contribution in [0.3, 0.4) is 0 Å². The smallest absolute Gasteiger partial charge is 0.343 e. The van der Waals surface area contributed by atoms with Crippen LogP contribution in [0.5, 0.6) is 0 Å². The maximum Gasteiger partial charge on any atom is 0.343 e. The summed E-state index contributed by atoms with van der Waals surface area (Å²) >= 11 is 0. The van der Waals surface area contributed by atoms with E-state index in [0.29, 0.717) is 74.0 Å². The molecule has 5 aromatic rings. The molecular formula is C39H37N5O6S. The molecule has 12 heteroatoms. The molecule has 1 atom stereocenters. The summed E-state index contributed by atoms with van der Waals surface area (Å²) in [6, 6.07) is 27.7. The topological polar surface area (TPSA) is 134 Å². The first kappa shape index (κ1) is 33.0. The predicted molar refractivity (Wildman–Crippen MR) is 193 cm³/mol. The Morgan fingerprint density at radius 3 is 2.33 bits per heavy atom. The number of para-hydroxylation sites is 1. The zero-order valence-electron chi connectivity index (χ0n) is 28.2. The molecule has 1 N–H and O–H groups in total. The van der Waals surface area contributed by atoms with Crippen LogP contribution in [0.15, 0.2) is 105 Å². The van der Waals surface area contributed by atoms with E-state index in [9.17, 15) is 23.1 Å². The Labute approximate surface area is 295 Å². The largest absolute Gasteiger partial charge is 0.458 e. The van der Waals surface area contributed by atoms with Gasteiger partial charge in [-0.3, -0.25) is 9.69 Å². The predicted octanol–water partition coefficient (Wildman–Crippen LogP) is 4.23. The molecule has 0 radical (unpaired) electrons. The van der Waals surface area contributed by atoms with E-state index in [4.69, 9.17) is 9.72 Å². The van der Waals surface area contributed by atoms with Crippen molar-refractivity contribution in [1.82, 2.24) is 19.4 Å². The average molecular weight is 704 g/mol. The standard InChI is InChI=1S/C39H37N5O6S/c1-2-39(47)32-22-34-36-30(24-44(34)37(45)31(32)25-50-38(39)46)29(28-15-9-10-16-33(28)40-36)23-42-17-19-43(20-18-42)35(21-26-11-5-3-6-12-26)41-51(48,49)27-13-7-4-8-14-27/h3-16,22,47H,2,17-21,23-25H2,1H3/b41-35-/t39-/m0/s1. The second kappa shape index (κ2) is 12.9. The second-order valence-corrected chi connectivity index (χ2v) is 14.9. The quantitative estimate of drug-likeness (QED) is 0.147. The summed E-state index contributed by atoms with van der Waals surface area (Å²) < 4.78 is 38.1. The lowest BCUT2D eigenvalue weighted by Gasteiger charge is -2.37. The van der Waals surface area contributed by atoms with Gasteiger partial charge in [-0.05, 0) is 41.8 Å². The molecule has 1 fully saturated rings. The van der Waals surface area contributed by atoms with Gasteiger partial charge < -0.3 is 19.3 Å². The molecule has 51 heavy (non-hydrogen) atoms. The van der Waals surface area contributed by atoms with Crippen LogP contribution in [0.4, 0.5) is 0 Å². The first-order chi connectivity index (χ1) is 24.7. The molecule has 260 valence electrons. The number of hydrogen-bond donors (Lipinski definition) is 1. The number of cyclic esters (lactones) is 1. The van der Waals surface area contributed by atoms with Crippen LogP contribution < -0.4 is 5.56 Å². The van der Waals surface area contributed by atoms with Crippen LogP contribution in [-0.2, 0) is 51.3 Å². The summed E-state index contributed by atoms with van der Waals surface area (Å²) in [5.74, 6) is -0.241. The van der Waals surface area contributed by atoms with Crippen molar-refractivity contribution in [1.29, 1.82) is 0 Å². The number of piperazine rings is 1. The van der Waals surface area contributed by atoms with Gasteiger partial charge in [-0.15, -0.1) is 4.40 Å². The highest BCUT2D eigenvalue weighted by Gasteiger charge is 2.45. The van der Waals surface area contributed by atoms with Crippen molar-refractivity contribution in [3.63, 3.8) is 0 Å². The molecular weight excluding hydrogens is 667 g/mol. The molecule has 0 spiro atoms. The molecule has 0 amide bonds. The van der Waals surface area contributed by atoms with Crippen LogP contribution in [0.2, 0.25) is 0 Å². The SMILES string of the molecule is CC[C@@]1(O)C(=O)OCc2c1cc1n(c2=O)Cc2c-1nc1ccccc1c2CN1CCN(/C(Cc2ccccc2)=N\S(=O)(=O)c2ccccc2)CC1. The van der Waals surface area contributed by atoms with E-state index in [1.165, 1.54) is 0 Å². The molecule has 8 rings (SSSR count). The number of hydrogen-bond acceptors (Lipinski definition) is 8. The molecule has 11 nitrogen and oxygen atoms in total. The van der Waals surface area contributed by atoms with E-state index >= 15 is 0 Å². The number of pyridine rings is 2. The fourth-order valence-electron chi connectivity index (χ4n) is 7.45. The number of carbonyl (C=O) groups is 1. The maximum absolute atomic E-state index is 13.9. The van der Waals surface area contributed by atoms with E-state index in [0.717, 1.165) is 27.6 Å². The van der Waals surface area contributed by atoms with E-state index in [2.05, 4.69) is 14.2 Å². The first-order valence-electron chi connectivity index (χ1n) is 17.1. The molecule has 0 aliphatic carbocycles. The van der Waals surface area contributed by atoms with E-state index in [1.807, 2.05) is 54.6 Å². The minimum absolute atomic E-state index is 0.0763.